The number of benzene rings is 2. The minimum atomic E-state index is -1.44. The zero-order valence-electron chi connectivity index (χ0n) is 21.5. The van der Waals surface area contributed by atoms with Crippen molar-refractivity contribution in [1.82, 2.24) is 19.9 Å². The molecule has 0 saturated carbocycles. The molecule has 1 aliphatic heterocycles. The molecular weight excluding hydrogens is 482 g/mol. The van der Waals surface area contributed by atoms with Crippen molar-refractivity contribution in [3.63, 3.8) is 0 Å². The maximum atomic E-state index is 13.9. The molecule has 0 atom stereocenters. The van der Waals surface area contributed by atoms with E-state index in [1.807, 2.05) is 6.07 Å². The summed E-state index contributed by atoms with van der Waals surface area (Å²) in [6.45, 7) is 5.78. The van der Waals surface area contributed by atoms with Crippen LogP contribution < -0.4 is 26.0 Å². The van der Waals surface area contributed by atoms with Crippen LogP contribution in [-0.4, -0.2) is 65.8 Å². The maximum absolute atomic E-state index is 13.9. The molecule has 1 fully saturated rings. The summed E-state index contributed by atoms with van der Waals surface area (Å²) in [4.78, 5) is 16.9. The van der Waals surface area contributed by atoms with Gasteiger partial charge in [-0.1, -0.05) is 0 Å². The summed E-state index contributed by atoms with van der Waals surface area (Å²) < 4.78 is 33.3. The van der Waals surface area contributed by atoms with Gasteiger partial charge in [0.2, 0.25) is 11.9 Å². The third-order valence-corrected chi connectivity index (χ3v) is 6.05. The fourth-order valence-electron chi connectivity index (χ4n) is 4.34. The highest BCUT2D eigenvalue weighted by Gasteiger charge is 2.29. The van der Waals surface area contributed by atoms with Crippen LogP contribution in [0.5, 0.6) is 5.75 Å². The standard InChI is InChI=1S/C25H32F2N8O2/c1-25(2,36)15-6-16(26)17(27)7-19(15)31-23-29-13-30-24(33-23)32-20-8-18(28)21(9-22(20)37-5)35-11-14(12-35)10-34(3)4/h6-9,13-14,36H,10-12,28H2,1-5H3,(H2,29,30,31,32,33). The molecule has 1 aromatic heterocycles. The van der Waals surface area contributed by atoms with Crippen molar-refractivity contribution in [1.29, 1.82) is 0 Å². The summed E-state index contributed by atoms with van der Waals surface area (Å²) in [5.74, 6) is -0.768. The lowest BCUT2D eigenvalue weighted by atomic mass is 9.96. The fraction of sp³-hybridized carbons (Fsp3) is 0.400. The number of rotatable bonds is 9. The number of nitrogens with one attached hydrogen (secondary N) is 2. The Bertz CT molecular complexity index is 1280. The lowest BCUT2D eigenvalue weighted by Crippen LogP contribution is -2.50. The van der Waals surface area contributed by atoms with Crippen LogP contribution in [0.1, 0.15) is 19.4 Å². The van der Waals surface area contributed by atoms with Gasteiger partial charge in [-0.05, 0) is 40.1 Å². The van der Waals surface area contributed by atoms with Crippen molar-refractivity contribution in [3.05, 3.63) is 47.8 Å². The Morgan fingerprint density at radius 2 is 1.70 bits per heavy atom. The van der Waals surface area contributed by atoms with Crippen LogP contribution >= 0.6 is 0 Å². The van der Waals surface area contributed by atoms with E-state index in [1.54, 1.807) is 13.2 Å². The molecule has 0 radical (unpaired) electrons. The number of nitrogens with zero attached hydrogens (tertiary/aromatic N) is 5. The predicted molar refractivity (Wildman–Crippen MR) is 140 cm³/mol. The molecule has 0 amide bonds. The summed E-state index contributed by atoms with van der Waals surface area (Å²) in [6.07, 6.45) is 1.26. The first-order chi connectivity index (χ1) is 17.4. The fourth-order valence-corrected chi connectivity index (χ4v) is 4.34. The van der Waals surface area contributed by atoms with Crippen LogP contribution in [0.2, 0.25) is 0 Å². The first kappa shape index (κ1) is 26.3. The van der Waals surface area contributed by atoms with E-state index in [-0.39, 0.29) is 23.1 Å². The molecule has 198 valence electrons. The largest absolute Gasteiger partial charge is 0.494 e. The average Bonchev–Trinajstić information content (AvgIpc) is 2.78. The number of methoxy groups -OCH3 is 1. The minimum absolute atomic E-state index is 0.0603. The number of halogens is 2. The van der Waals surface area contributed by atoms with Crippen molar-refractivity contribution >= 4 is 34.6 Å². The van der Waals surface area contributed by atoms with Crippen molar-refractivity contribution in [2.24, 2.45) is 5.92 Å². The van der Waals surface area contributed by atoms with E-state index in [1.165, 1.54) is 20.2 Å². The smallest absolute Gasteiger partial charge is 0.232 e. The van der Waals surface area contributed by atoms with Crippen molar-refractivity contribution in [2.45, 2.75) is 19.4 Å². The molecule has 10 nitrogen and oxygen atoms in total. The summed E-state index contributed by atoms with van der Waals surface area (Å²) in [5.41, 5.74) is 7.22. The summed E-state index contributed by atoms with van der Waals surface area (Å²) in [6, 6.07) is 5.52. The first-order valence-electron chi connectivity index (χ1n) is 11.8. The number of anilines is 6. The highest BCUT2D eigenvalue weighted by molar-refractivity contribution is 5.79. The molecule has 1 aliphatic rings. The second kappa shape index (κ2) is 10.3. The van der Waals surface area contributed by atoms with E-state index < -0.39 is 17.2 Å². The summed E-state index contributed by atoms with van der Waals surface area (Å²) in [7, 11) is 5.69. The van der Waals surface area contributed by atoms with Crippen molar-refractivity contribution < 1.29 is 18.6 Å². The molecule has 0 spiro atoms. The summed E-state index contributed by atoms with van der Waals surface area (Å²) >= 11 is 0. The lowest BCUT2D eigenvalue weighted by molar-refractivity contribution is 0.0789. The Morgan fingerprint density at radius 3 is 2.30 bits per heavy atom. The van der Waals surface area contributed by atoms with E-state index in [0.29, 0.717) is 23.0 Å². The van der Waals surface area contributed by atoms with Gasteiger partial charge in [0.15, 0.2) is 11.6 Å². The molecule has 2 heterocycles. The zero-order chi connectivity index (χ0) is 26.9. The van der Waals surface area contributed by atoms with E-state index >= 15 is 0 Å². The summed E-state index contributed by atoms with van der Waals surface area (Å²) in [5, 5.41) is 16.3. The van der Waals surface area contributed by atoms with E-state index in [9.17, 15) is 13.9 Å². The van der Waals surface area contributed by atoms with Crippen LogP contribution in [0.25, 0.3) is 0 Å². The molecule has 0 bridgehead atoms. The Balaban J connectivity index is 1.54. The molecule has 3 aromatic rings. The van der Waals surface area contributed by atoms with Gasteiger partial charge in [-0.15, -0.1) is 0 Å². The molecule has 0 aliphatic carbocycles. The normalized spacial score (nSPS) is 14.0. The second-order valence-corrected chi connectivity index (χ2v) is 9.90. The predicted octanol–water partition coefficient (Wildman–Crippen LogP) is 3.45. The van der Waals surface area contributed by atoms with Gasteiger partial charge in [0, 0.05) is 43.2 Å². The maximum Gasteiger partial charge on any atom is 0.232 e. The first-order valence-corrected chi connectivity index (χ1v) is 11.8. The van der Waals surface area contributed by atoms with Gasteiger partial charge >= 0.3 is 0 Å². The van der Waals surface area contributed by atoms with Crippen LogP contribution in [0.15, 0.2) is 30.6 Å². The van der Waals surface area contributed by atoms with Gasteiger partial charge in [-0.3, -0.25) is 0 Å². The molecule has 0 unspecified atom stereocenters. The topological polar surface area (TPSA) is 125 Å². The highest BCUT2D eigenvalue weighted by atomic mass is 19.2. The Kier molecular flexibility index (Phi) is 7.32. The molecule has 37 heavy (non-hydrogen) atoms. The zero-order valence-corrected chi connectivity index (χ0v) is 21.5. The highest BCUT2D eigenvalue weighted by Crippen LogP contribution is 2.39. The average molecular weight is 515 g/mol. The van der Waals surface area contributed by atoms with Gasteiger partial charge in [0.1, 0.15) is 12.1 Å². The number of nitrogens with two attached hydrogens (primary N) is 1. The molecule has 2 aromatic carbocycles. The third kappa shape index (κ3) is 5.97. The Hall–Kier alpha value is -3.77. The number of ether oxygens (including phenoxy) is 1. The van der Waals surface area contributed by atoms with Crippen LogP contribution in [0, 0.1) is 17.6 Å². The number of hydrogen-bond donors (Lipinski definition) is 4. The van der Waals surface area contributed by atoms with Crippen LogP contribution in [0.3, 0.4) is 0 Å². The number of hydrogen-bond acceptors (Lipinski definition) is 10. The van der Waals surface area contributed by atoms with E-state index in [0.717, 1.165) is 37.5 Å². The van der Waals surface area contributed by atoms with Gasteiger partial charge in [-0.2, -0.15) is 4.98 Å². The van der Waals surface area contributed by atoms with Gasteiger partial charge < -0.3 is 36.0 Å². The molecule has 1 saturated heterocycles. The van der Waals surface area contributed by atoms with Crippen molar-refractivity contribution in [3.8, 4) is 5.75 Å². The number of aromatic nitrogens is 3. The SMILES string of the molecule is COc1cc(N2CC(CN(C)C)C2)c(N)cc1Nc1ncnc(Nc2cc(F)c(F)cc2C(C)(C)O)n1. The molecule has 12 heteroatoms. The van der Waals surface area contributed by atoms with Gasteiger partial charge in [0.05, 0.1) is 35.5 Å². The van der Waals surface area contributed by atoms with Crippen LogP contribution in [0.4, 0.5) is 43.4 Å². The lowest BCUT2D eigenvalue weighted by Gasteiger charge is -2.42. The number of aliphatic hydroxyl groups is 1. The molecule has 5 N–H and O–H groups in total. The number of nitrogen functional groups attached to an aromatic ring is 1. The van der Waals surface area contributed by atoms with Crippen LogP contribution in [-0.2, 0) is 5.60 Å². The Morgan fingerprint density at radius 1 is 1.08 bits per heavy atom. The van der Waals surface area contributed by atoms with Crippen molar-refractivity contribution in [2.75, 3.05) is 62.1 Å². The van der Waals surface area contributed by atoms with Gasteiger partial charge in [-0.25, -0.2) is 18.7 Å². The minimum Gasteiger partial charge on any atom is -0.494 e. The third-order valence-electron chi connectivity index (χ3n) is 6.05. The van der Waals surface area contributed by atoms with Gasteiger partial charge in [0.25, 0.3) is 0 Å². The van der Waals surface area contributed by atoms with E-state index in [2.05, 4.69) is 49.5 Å². The quantitative estimate of drug-likeness (QED) is 0.316. The van der Waals surface area contributed by atoms with E-state index in [4.69, 9.17) is 10.5 Å². The Labute approximate surface area is 214 Å². The second-order valence-electron chi connectivity index (χ2n) is 9.90. The molecule has 4 rings (SSSR count). The monoisotopic (exact) mass is 514 g/mol. The molecular formula is C25H32F2N8O2.